The molecule has 0 saturated carbocycles. The van der Waals surface area contributed by atoms with Gasteiger partial charge in [0.25, 0.3) is 0 Å². The van der Waals surface area contributed by atoms with E-state index in [-0.39, 0.29) is 23.9 Å². The number of sulfonamides is 1. The molecule has 0 aliphatic carbocycles. The van der Waals surface area contributed by atoms with Crippen LogP contribution < -0.4 is 4.72 Å². The highest BCUT2D eigenvalue weighted by Crippen LogP contribution is 2.41. The first-order chi connectivity index (χ1) is 13.3. The Kier molecular flexibility index (Phi) is 5.46. The van der Waals surface area contributed by atoms with Gasteiger partial charge < -0.3 is 4.90 Å². The number of aryl methyl sites for hydroxylation is 1. The van der Waals surface area contributed by atoms with Gasteiger partial charge in [-0.25, -0.2) is 13.1 Å². The Bertz CT molecular complexity index is 844. The van der Waals surface area contributed by atoms with E-state index in [0.29, 0.717) is 18.9 Å². The van der Waals surface area contributed by atoms with E-state index in [1.807, 2.05) is 17.2 Å². The minimum absolute atomic E-state index is 0.0589. The monoisotopic (exact) mass is 406 g/mol. The molecular weight excluding hydrogens is 376 g/mol. The third-order valence-corrected chi connectivity index (χ3v) is 7.31. The number of piperidine rings is 3. The fourth-order valence-electron chi connectivity index (χ4n) is 5.40. The van der Waals surface area contributed by atoms with Crippen LogP contribution in [-0.2, 0) is 21.4 Å². The Morgan fingerprint density at radius 2 is 2.07 bits per heavy atom. The number of fused-ring (bicyclic) bond motifs is 4. The van der Waals surface area contributed by atoms with Crippen molar-refractivity contribution in [3.8, 4) is 0 Å². The molecule has 3 aliphatic rings. The van der Waals surface area contributed by atoms with Crippen LogP contribution in [0.5, 0.6) is 0 Å². The van der Waals surface area contributed by atoms with E-state index in [0.717, 1.165) is 44.6 Å². The van der Waals surface area contributed by atoms with Gasteiger partial charge in [-0.05, 0) is 49.7 Å². The number of likely N-dealkylation sites (tertiary alicyclic amines) is 1. The molecule has 0 radical (unpaired) electrons. The van der Waals surface area contributed by atoms with Gasteiger partial charge in [0, 0.05) is 50.9 Å². The molecule has 4 atom stereocenters. The molecule has 3 saturated heterocycles. The lowest BCUT2D eigenvalue weighted by atomic mass is 9.72. The summed E-state index contributed by atoms with van der Waals surface area (Å²) in [6, 6.07) is 4.23. The van der Waals surface area contributed by atoms with Crippen molar-refractivity contribution in [2.45, 2.75) is 51.2 Å². The number of nitrogens with one attached hydrogen (secondary N) is 1. The van der Waals surface area contributed by atoms with Crippen molar-refractivity contribution in [3.63, 3.8) is 0 Å². The fourth-order valence-corrected chi connectivity index (χ4v) is 5.87. The Labute approximate surface area is 167 Å². The summed E-state index contributed by atoms with van der Waals surface area (Å²) in [4.78, 5) is 21.8. The summed E-state index contributed by atoms with van der Waals surface area (Å²) in [6.45, 7) is 5.07. The predicted octanol–water partition coefficient (Wildman–Crippen LogP) is 1.14. The number of amides is 1. The van der Waals surface area contributed by atoms with Crippen LogP contribution in [0.4, 0.5) is 0 Å². The van der Waals surface area contributed by atoms with Crippen molar-refractivity contribution in [1.29, 1.82) is 0 Å². The molecule has 2 bridgehead atoms. The van der Waals surface area contributed by atoms with E-state index in [1.54, 1.807) is 0 Å². The minimum atomic E-state index is -3.29. The van der Waals surface area contributed by atoms with Crippen LogP contribution in [0.25, 0.3) is 0 Å². The molecule has 8 heteroatoms. The van der Waals surface area contributed by atoms with E-state index in [9.17, 15) is 13.2 Å². The molecule has 1 N–H and O–H groups in total. The van der Waals surface area contributed by atoms with Crippen molar-refractivity contribution in [2.24, 2.45) is 11.8 Å². The lowest BCUT2D eigenvalue weighted by Gasteiger charge is -2.56. The summed E-state index contributed by atoms with van der Waals surface area (Å²) >= 11 is 0. The Morgan fingerprint density at radius 1 is 1.29 bits per heavy atom. The molecule has 1 amide bonds. The SMILES string of the molecule is Cc1cccnc1CN1C[C@H]2C[C@@H](C1)[C@H](CNS(C)(=O)=O)N1C(=O)CCC[C@@H]21. The molecule has 1 aromatic rings. The third-order valence-electron chi connectivity index (χ3n) is 6.62. The first kappa shape index (κ1) is 19.8. The Balaban J connectivity index is 1.56. The summed E-state index contributed by atoms with van der Waals surface area (Å²) in [5.41, 5.74) is 2.30. The predicted molar refractivity (Wildman–Crippen MR) is 107 cm³/mol. The maximum atomic E-state index is 12.7. The average Bonchev–Trinajstić information content (AvgIpc) is 2.63. The van der Waals surface area contributed by atoms with Crippen LogP contribution in [-0.4, -0.2) is 67.1 Å². The standard InChI is InChI=1S/C20H30N4O3S/c1-14-5-4-8-21-17(14)13-23-11-15-9-16(12-23)19(10-22-28(2,26)27)24-18(15)6-3-7-20(24)25/h4-5,8,15-16,18-19,22H,3,6-7,9-13H2,1-2H3/t15-,16+,18+,19+/m1/s1. The summed E-state index contributed by atoms with van der Waals surface area (Å²) in [7, 11) is -3.29. The summed E-state index contributed by atoms with van der Waals surface area (Å²) < 4.78 is 26.1. The second-order valence-electron chi connectivity index (χ2n) is 8.67. The van der Waals surface area contributed by atoms with Gasteiger partial charge in [-0.3, -0.25) is 14.7 Å². The van der Waals surface area contributed by atoms with Gasteiger partial charge in [0.15, 0.2) is 0 Å². The molecule has 3 aliphatic heterocycles. The first-order valence-electron chi connectivity index (χ1n) is 10.2. The molecule has 1 aromatic heterocycles. The summed E-state index contributed by atoms with van der Waals surface area (Å²) in [6.07, 6.45) is 6.64. The Hall–Kier alpha value is -1.51. The van der Waals surface area contributed by atoms with Gasteiger partial charge in [-0.1, -0.05) is 6.07 Å². The smallest absolute Gasteiger partial charge is 0.223 e. The average molecular weight is 407 g/mol. The van der Waals surface area contributed by atoms with Gasteiger partial charge in [0.1, 0.15) is 0 Å². The Morgan fingerprint density at radius 3 is 2.82 bits per heavy atom. The molecular formula is C20H30N4O3S. The lowest BCUT2D eigenvalue weighted by molar-refractivity contribution is -0.152. The zero-order valence-electron chi connectivity index (χ0n) is 16.7. The molecule has 7 nitrogen and oxygen atoms in total. The number of hydrogen-bond acceptors (Lipinski definition) is 5. The van der Waals surface area contributed by atoms with Crippen molar-refractivity contribution in [1.82, 2.24) is 19.5 Å². The number of nitrogens with zero attached hydrogens (tertiary/aromatic N) is 3. The van der Waals surface area contributed by atoms with Crippen LogP contribution in [0.3, 0.4) is 0 Å². The van der Waals surface area contributed by atoms with Crippen molar-refractivity contribution < 1.29 is 13.2 Å². The van der Waals surface area contributed by atoms with Gasteiger partial charge in [-0.15, -0.1) is 0 Å². The summed E-state index contributed by atoms with van der Waals surface area (Å²) in [5.74, 6) is 0.942. The molecule has 4 heterocycles. The van der Waals surface area contributed by atoms with Gasteiger partial charge >= 0.3 is 0 Å². The van der Waals surface area contributed by atoms with Gasteiger partial charge in [0.05, 0.1) is 11.9 Å². The maximum Gasteiger partial charge on any atom is 0.223 e. The van der Waals surface area contributed by atoms with E-state index in [2.05, 4.69) is 27.6 Å². The first-order valence-corrected chi connectivity index (χ1v) is 12.1. The van der Waals surface area contributed by atoms with Crippen molar-refractivity contribution >= 4 is 15.9 Å². The minimum Gasteiger partial charge on any atom is -0.335 e. The molecule has 0 spiro atoms. The van der Waals surface area contributed by atoms with Crippen molar-refractivity contribution in [2.75, 3.05) is 25.9 Å². The normalized spacial score (nSPS) is 30.9. The highest BCUT2D eigenvalue weighted by Gasteiger charge is 2.49. The van der Waals surface area contributed by atoms with Crippen LogP contribution in [0.1, 0.15) is 36.9 Å². The van der Waals surface area contributed by atoms with E-state index < -0.39 is 10.0 Å². The van der Waals surface area contributed by atoms with E-state index in [4.69, 9.17) is 0 Å². The number of carbonyl (C=O) groups is 1. The zero-order valence-corrected chi connectivity index (χ0v) is 17.5. The second-order valence-corrected chi connectivity index (χ2v) is 10.5. The van der Waals surface area contributed by atoms with E-state index in [1.165, 1.54) is 11.8 Å². The molecule has 3 fully saturated rings. The highest BCUT2D eigenvalue weighted by atomic mass is 32.2. The highest BCUT2D eigenvalue weighted by molar-refractivity contribution is 7.88. The van der Waals surface area contributed by atoms with E-state index >= 15 is 0 Å². The topological polar surface area (TPSA) is 82.6 Å². The second kappa shape index (κ2) is 7.72. The lowest BCUT2D eigenvalue weighted by Crippen LogP contribution is -2.67. The van der Waals surface area contributed by atoms with Crippen molar-refractivity contribution in [3.05, 3.63) is 29.6 Å². The maximum absolute atomic E-state index is 12.7. The number of carbonyl (C=O) groups excluding carboxylic acids is 1. The molecule has 0 unspecified atom stereocenters. The molecule has 4 rings (SSSR count). The van der Waals surface area contributed by atoms with Crippen LogP contribution in [0.15, 0.2) is 18.3 Å². The van der Waals surface area contributed by atoms with Crippen LogP contribution in [0.2, 0.25) is 0 Å². The van der Waals surface area contributed by atoms with Gasteiger partial charge in [0.2, 0.25) is 15.9 Å². The number of hydrogen-bond donors (Lipinski definition) is 1. The molecule has 0 aromatic carbocycles. The zero-order chi connectivity index (χ0) is 19.9. The summed E-state index contributed by atoms with van der Waals surface area (Å²) in [5, 5.41) is 0. The fraction of sp³-hybridized carbons (Fsp3) is 0.700. The van der Waals surface area contributed by atoms with Crippen LogP contribution in [0, 0.1) is 18.8 Å². The number of aromatic nitrogens is 1. The largest absolute Gasteiger partial charge is 0.335 e. The quantitative estimate of drug-likeness (QED) is 0.793. The third kappa shape index (κ3) is 4.09. The molecule has 28 heavy (non-hydrogen) atoms. The number of rotatable bonds is 5. The number of pyridine rings is 1. The molecule has 154 valence electrons. The van der Waals surface area contributed by atoms with Gasteiger partial charge in [-0.2, -0.15) is 0 Å². The van der Waals surface area contributed by atoms with Crippen LogP contribution >= 0.6 is 0 Å².